The Morgan fingerprint density at radius 1 is 1.36 bits per heavy atom. The smallest absolute Gasteiger partial charge is 0.317 e. The van der Waals surface area contributed by atoms with Gasteiger partial charge in [0.2, 0.25) is 0 Å². The predicted octanol–water partition coefficient (Wildman–Crippen LogP) is 1.04. The summed E-state index contributed by atoms with van der Waals surface area (Å²) in [5.74, 6) is -0.546. The molecule has 0 aliphatic carbocycles. The van der Waals surface area contributed by atoms with E-state index in [9.17, 15) is 23.3 Å². The van der Waals surface area contributed by atoms with Crippen molar-refractivity contribution in [3.05, 3.63) is 46.2 Å². The molecule has 1 aromatic rings. The first-order valence-corrected chi connectivity index (χ1v) is 7.95. The molecule has 22 heavy (non-hydrogen) atoms. The van der Waals surface area contributed by atoms with Crippen LogP contribution in [0.5, 0.6) is 0 Å². The number of hydrogen-bond acceptors (Lipinski definition) is 6. The summed E-state index contributed by atoms with van der Waals surface area (Å²) in [6.45, 7) is 1.79. The second kappa shape index (κ2) is 4.89. The molecule has 0 radical (unpaired) electrons. The van der Waals surface area contributed by atoms with Crippen molar-refractivity contribution in [1.82, 2.24) is 4.31 Å². The number of nitro benzene ring substituents is 1. The third kappa shape index (κ3) is 2.28. The zero-order valence-corrected chi connectivity index (χ0v) is 12.3. The molecule has 2 heterocycles. The van der Waals surface area contributed by atoms with Crippen molar-refractivity contribution in [2.75, 3.05) is 6.54 Å². The molecule has 0 bridgehead atoms. The Bertz CT molecular complexity index is 801. The van der Waals surface area contributed by atoms with E-state index in [1.54, 1.807) is 13.0 Å². The van der Waals surface area contributed by atoms with Gasteiger partial charge >= 0.3 is 5.97 Å². The van der Waals surface area contributed by atoms with Gasteiger partial charge in [-0.05, 0) is 19.1 Å². The Labute approximate surface area is 126 Å². The number of sulfonamides is 1. The molecule has 0 spiro atoms. The van der Waals surface area contributed by atoms with Crippen molar-refractivity contribution < 1.29 is 22.9 Å². The highest BCUT2D eigenvalue weighted by Crippen LogP contribution is 2.38. The lowest BCUT2D eigenvalue weighted by molar-refractivity contribution is -0.387. The molecule has 1 aromatic carbocycles. The van der Waals surface area contributed by atoms with Gasteiger partial charge in [0.1, 0.15) is 5.76 Å². The molecule has 1 unspecified atom stereocenters. The Morgan fingerprint density at radius 3 is 2.64 bits per heavy atom. The molecule has 0 saturated carbocycles. The van der Waals surface area contributed by atoms with Crippen LogP contribution in [0, 0.1) is 16.0 Å². The van der Waals surface area contributed by atoms with Gasteiger partial charge in [-0.2, -0.15) is 4.31 Å². The molecule has 116 valence electrons. The fourth-order valence-corrected chi connectivity index (χ4v) is 4.00. The third-order valence-corrected chi connectivity index (χ3v) is 5.47. The quantitative estimate of drug-likeness (QED) is 0.354. The zero-order chi connectivity index (χ0) is 16.1. The van der Waals surface area contributed by atoms with Crippen LogP contribution in [0.15, 0.2) is 41.0 Å². The normalized spacial score (nSPS) is 27.2. The van der Waals surface area contributed by atoms with Crippen LogP contribution in [-0.2, 0) is 19.6 Å². The summed E-state index contributed by atoms with van der Waals surface area (Å²) in [6.07, 6.45) is 1.57. The Morgan fingerprint density at radius 2 is 2.05 bits per heavy atom. The Hall–Kier alpha value is -2.26. The molecule has 2 aliphatic heterocycles. The summed E-state index contributed by atoms with van der Waals surface area (Å²) < 4.78 is 31.1. The van der Waals surface area contributed by atoms with Crippen LogP contribution in [0.4, 0.5) is 5.69 Å². The summed E-state index contributed by atoms with van der Waals surface area (Å²) in [4.78, 5) is 21.2. The first kappa shape index (κ1) is 14.7. The van der Waals surface area contributed by atoms with E-state index in [0.29, 0.717) is 5.76 Å². The molecule has 3 rings (SSSR count). The lowest BCUT2D eigenvalue weighted by Gasteiger charge is -2.07. The van der Waals surface area contributed by atoms with E-state index in [0.717, 1.165) is 10.4 Å². The number of ether oxygens (including phenoxy) is 1. The summed E-state index contributed by atoms with van der Waals surface area (Å²) in [6, 6.07) is 4.59. The van der Waals surface area contributed by atoms with Crippen LogP contribution in [-0.4, -0.2) is 36.2 Å². The van der Waals surface area contributed by atoms with E-state index in [1.807, 2.05) is 0 Å². The summed E-state index contributed by atoms with van der Waals surface area (Å²) in [5, 5.41) is 11.0. The van der Waals surface area contributed by atoms with E-state index in [-0.39, 0.29) is 11.4 Å². The highest BCUT2D eigenvalue weighted by molar-refractivity contribution is 7.89. The van der Waals surface area contributed by atoms with Gasteiger partial charge in [0.15, 0.2) is 4.90 Å². The third-order valence-electron chi connectivity index (χ3n) is 3.55. The van der Waals surface area contributed by atoms with Gasteiger partial charge in [-0.3, -0.25) is 14.9 Å². The van der Waals surface area contributed by atoms with Crippen LogP contribution in [0.2, 0.25) is 0 Å². The first-order chi connectivity index (χ1) is 10.3. The minimum Gasteiger partial charge on any atom is -0.429 e. The number of nitro groups is 1. The Balaban J connectivity index is 1.89. The fourth-order valence-electron chi connectivity index (χ4n) is 2.31. The average Bonchev–Trinajstić information content (AvgIpc) is 3.21. The summed E-state index contributed by atoms with van der Waals surface area (Å²) in [5.41, 5.74) is -0.473. The average molecular weight is 324 g/mol. The summed E-state index contributed by atoms with van der Waals surface area (Å²) in [7, 11) is -4.00. The highest BCUT2D eigenvalue weighted by Gasteiger charge is 2.51. The number of carbonyl (C=O) groups is 1. The van der Waals surface area contributed by atoms with Crippen molar-refractivity contribution in [3.63, 3.8) is 0 Å². The number of cyclic esters (lactones) is 1. The van der Waals surface area contributed by atoms with E-state index >= 15 is 0 Å². The van der Waals surface area contributed by atoms with Crippen LogP contribution in [0.25, 0.3) is 0 Å². The van der Waals surface area contributed by atoms with Gasteiger partial charge in [0.05, 0.1) is 16.9 Å². The minimum absolute atomic E-state index is 0.139. The monoisotopic (exact) mass is 324 g/mol. The van der Waals surface area contributed by atoms with Gasteiger partial charge in [0, 0.05) is 12.6 Å². The predicted molar refractivity (Wildman–Crippen MR) is 74.1 cm³/mol. The molecule has 1 fully saturated rings. The molecular formula is C13H12N2O6S. The van der Waals surface area contributed by atoms with E-state index in [2.05, 4.69) is 0 Å². The van der Waals surface area contributed by atoms with Gasteiger partial charge < -0.3 is 4.74 Å². The van der Waals surface area contributed by atoms with Crippen molar-refractivity contribution in [1.29, 1.82) is 0 Å². The SMILES string of the molecule is C[C@@H]1C=C(C2C[N@]2S(=O)(=O)c2ccccc2[N+](=O)[O-])OC1=O. The molecule has 2 aliphatic rings. The molecule has 0 N–H and O–H groups in total. The number of nitrogens with zero attached hydrogens (tertiary/aromatic N) is 2. The van der Waals surface area contributed by atoms with E-state index in [1.165, 1.54) is 18.2 Å². The maximum Gasteiger partial charge on any atom is 0.317 e. The maximum atomic E-state index is 12.5. The molecule has 9 heteroatoms. The van der Waals surface area contributed by atoms with Gasteiger partial charge in [-0.25, -0.2) is 8.42 Å². The maximum absolute atomic E-state index is 12.5. The van der Waals surface area contributed by atoms with Crippen molar-refractivity contribution >= 4 is 21.7 Å². The van der Waals surface area contributed by atoms with Gasteiger partial charge in [0.25, 0.3) is 15.7 Å². The van der Waals surface area contributed by atoms with Crippen molar-refractivity contribution in [2.45, 2.75) is 17.9 Å². The van der Waals surface area contributed by atoms with E-state index in [4.69, 9.17) is 4.74 Å². The number of hydrogen-bond donors (Lipinski definition) is 0. The zero-order valence-electron chi connectivity index (χ0n) is 11.5. The first-order valence-electron chi connectivity index (χ1n) is 6.51. The number of esters is 1. The van der Waals surface area contributed by atoms with Crippen molar-refractivity contribution in [3.8, 4) is 0 Å². The number of benzene rings is 1. The second-order valence-electron chi connectivity index (χ2n) is 5.09. The van der Waals surface area contributed by atoms with Gasteiger partial charge in [-0.15, -0.1) is 0 Å². The number of para-hydroxylation sites is 1. The molecule has 0 aromatic heterocycles. The standard InChI is InChI=1S/C13H12N2O6S/c1-8-6-11(21-13(8)16)10-7-14(10)22(19,20)12-5-3-2-4-9(12)15(17)18/h2-6,8,10H,7H2,1H3/t8-,10?,14+/m1/s1. The second-order valence-corrected chi connectivity index (χ2v) is 6.95. The van der Waals surface area contributed by atoms with Crippen LogP contribution in [0.3, 0.4) is 0 Å². The topological polar surface area (TPSA) is 107 Å². The molecule has 1 saturated heterocycles. The highest BCUT2D eigenvalue weighted by atomic mass is 32.2. The lowest BCUT2D eigenvalue weighted by Crippen LogP contribution is -2.17. The van der Waals surface area contributed by atoms with Crippen LogP contribution < -0.4 is 0 Å². The van der Waals surface area contributed by atoms with Crippen LogP contribution >= 0.6 is 0 Å². The molecule has 3 atom stereocenters. The molecule has 0 amide bonds. The lowest BCUT2D eigenvalue weighted by atomic mass is 10.2. The molecular weight excluding hydrogens is 312 g/mol. The van der Waals surface area contributed by atoms with Crippen LogP contribution in [0.1, 0.15) is 6.92 Å². The number of rotatable bonds is 4. The number of carbonyl (C=O) groups excluding carboxylic acids is 1. The van der Waals surface area contributed by atoms with Crippen molar-refractivity contribution in [2.24, 2.45) is 5.92 Å². The van der Waals surface area contributed by atoms with Gasteiger partial charge in [-0.1, -0.05) is 12.1 Å². The Kier molecular flexibility index (Phi) is 3.26. The molecule has 8 nitrogen and oxygen atoms in total. The van der Waals surface area contributed by atoms with E-state index < -0.39 is 38.6 Å². The largest absolute Gasteiger partial charge is 0.429 e. The fraction of sp³-hybridized carbons (Fsp3) is 0.308. The minimum atomic E-state index is -4.00. The summed E-state index contributed by atoms with van der Waals surface area (Å²) >= 11 is 0.